The van der Waals surface area contributed by atoms with E-state index in [0.29, 0.717) is 5.25 Å². The lowest BCUT2D eigenvalue weighted by Gasteiger charge is -2.23. The summed E-state index contributed by atoms with van der Waals surface area (Å²) in [7, 11) is 0. The van der Waals surface area contributed by atoms with E-state index < -0.39 is 0 Å². The van der Waals surface area contributed by atoms with Gasteiger partial charge in [0.1, 0.15) is 0 Å². The Bertz CT molecular complexity index is 553. The highest BCUT2D eigenvalue weighted by Crippen LogP contribution is 2.42. The number of hydrogen-bond acceptors (Lipinski definition) is 2. The summed E-state index contributed by atoms with van der Waals surface area (Å²) < 4.78 is 0. The van der Waals surface area contributed by atoms with Crippen LogP contribution in [-0.4, -0.2) is 4.98 Å². The molecule has 1 aliphatic rings. The van der Waals surface area contributed by atoms with Crippen molar-refractivity contribution in [1.29, 1.82) is 0 Å². The van der Waals surface area contributed by atoms with Crippen LogP contribution in [-0.2, 0) is 12.8 Å². The molecule has 3 heteroatoms. The molecule has 0 saturated carbocycles. The van der Waals surface area contributed by atoms with Crippen LogP contribution >= 0.6 is 24.2 Å². The van der Waals surface area contributed by atoms with Crippen molar-refractivity contribution in [1.82, 2.24) is 4.98 Å². The lowest BCUT2D eigenvalue weighted by atomic mass is 9.96. The van der Waals surface area contributed by atoms with Gasteiger partial charge in [-0.3, -0.25) is 4.98 Å². The van der Waals surface area contributed by atoms with Crippen LogP contribution in [0.1, 0.15) is 41.8 Å². The fraction of sp³-hybridized carbons (Fsp3) is 0.353. The molecular formula is C17H20ClNS. The Kier molecular flexibility index (Phi) is 5.50. The third kappa shape index (κ3) is 3.36. The standard InChI is InChI=1S/C17H19NS.ClH/c1-2-13-8-10-15(11-9-13)19-16-7-3-5-14-6-4-12-18-17(14)16;/h4,6,8-12,16H,2-3,5,7H2,1H3;1H. The quantitative estimate of drug-likeness (QED) is 0.769. The van der Waals surface area contributed by atoms with Crippen molar-refractivity contribution in [3.8, 4) is 0 Å². The molecule has 1 aliphatic carbocycles. The maximum absolute atomic E-state index is 4.61. The number of hydrogen-bond donors (Lipinski definition) is 0. The van der Waals surface area contributed by atoms with Crippen LogP contribution in [0.3, 0.4) is 0 Å². The van der Waals surface area contributed by atoms with Gasteiger partial charge < -0.3 is 0 Å². The number of aromatic nitrogens is 1. The van der Waals surface area contributed by atoms with Gasteiger partial charge in [-0.1, -0.05) is 25.1 Å². The number of thioether (sulfide) groups is 1. The predicted octanol–water partition coefficient (Wildman–Crippen LogP) is 5.24. The summed E-state index contributed by atoms with van der Waals surface area (Å²) in [5.74, 6) is 0. The summed E-state index contributed by atoms with van der Waals surface area (Å²) in [6.07, 6.45) is 6.75. The molecule has 20 heavy (non-hydrogen) atoms. The Hall–Kier alpha value is -0.990. The van der Waals surface area contributed by atoms with E-state index in [4.69, 9.17) is 0 Å². The first-order chi connectivity index (χ1) is 9.36. The average Bonchev–Trinajstić information content (AvgIpc) is 2.48. The van der Waals surface area contributed by atoms with Crippen LogP contribution < -0.4 is 0 Å². The molecule has 1 heterocycles. The van der Waals surface area contributed by atoms with Crippen LogP contribution in [0.25, 0.3) is 0 Å². The first kappa shape index (κ1) is 15.4. The van der Waals surface area contributed by atoms with Crippen molar-refractivity contribution in [2.45, 2.75) is 42.8 Å². The summed E-state index contributed by atoms with van der Waals surface area (Å²) in [6.45, 7) is 2.20. The molecule has 1 atom stereocenters. The smallest absolute Gasteiger partial charge is 0.0569 e. The summed E-state index contributed by atoms with van der Waals surface area (Å²) in [5, 5.41) is 0.525. The Labute approximate surface area is 131 Å². The van der Waals surface area contributed by atoms with Crippen molar-refractivity contribution in [3.63, 3.8) is 0 Å². The first-order valence-electron chi connectivity index (χ1n) is 7.06. The monoisotopic (exact) mass is 305 g/mol. The molecule has 1 nitrogen and oxygen atoms in total. The van der Waals surface area contributed by atoms with E-state index in [1.807, 2.05) is 18.0 Å². The van der Waals surface area contributed by atoms with Crippen molar-refractivity contribution in [3.05, 3.63) is 59.4 Å². The molecule has 106 valence electrons. The third-order valence-electron chi connectivity index (χ3n) is 3.75. The van der Waals surface area contributed by atoms with Gasteiger partial charge in [-0.15, -0.1) is 24.2 Å². The van der Waals surface area contributed by atoms with Gasteiger partial charge in [0.05, 0.1) is 10.9 Å². The molecule has 1 aromatic heterocycles. The largest absolute Gasteiger partial charge is 0.260 e. The summed E-state index contributed by atoms with van der Waals surface area (Å²) in [4.78, 5) is 5.97. The van der Waals surface area contributed by atoms with E-state index in [-0.39, 0.29) is 12.4 Å². The molecule has 0 aliphatic heterocycles. The molecule has 0 N–H and O–H groups in total. The van der Waals surface area contributed by atoms with E-state index in [2.05, 4.69) is 48.3 Å². The van der Waals surface area contributed by atoms with Crippen LogP contribution in [0.4, 0.5) is 0 Å². The normalized spacial score (nSPS) is 17.1. The lowest BCUT2D eigenvalue weighted by Crippen LogP contribution is -2.09. The molecule has 3 rings (SSSR count). The van der Waals surface area contributed by atoms with Crippen molar-refractivity contribution < 1.29 is 0 Å². The van der Waals surface area contributed by atoms with Crippen LogP contribution in [0.2, 0.25) is 0 Å². The second-order valence-corrected chi connectivity index (χ2v) is 6.32. The van der Waals surface area contributed by atoms with Gasteiger partial charge in [0.2, 0.25) is 0 Å². The molecule has 2 aromatic rings. The number of aryl methyl sites for hydroxylation is 2. The fourth-order valence-corrected chi connectivity index (χ4v) is 3.88. The lowest BCUT2D eigenvalue weighted by molar-refractivity contribution is 0.656. The van der Waals surface area contributed by atoms with Crippen molar-refractivity contribution in [2.75, 3.05) is 0 Å². The zero-order chi connectivity index (χ0) is 13.1. The number of benzene rings is 1. The van der Waals surface area contributed by atoms with Crippen LogP contribution in [0.5, 0.6) is 0 Å². The second kappa shape index (κ2) is 7.14. The molecular weight excluding hydrogens is 286 g/mol. The maximum Gasteiger partial charge on any atom is 0.0569 e. The Morgan fingerprint density at radius 3 is 2.75 bits per heavy atom. The summed E-state index contributed by atoms with van der Waals surface area (Å²) >= 11 is 1.96. The van der Waals surface area contributed by atoms with E-state index >= 15 is 0 Å². The minimum atomic E-state index is 0. The summed E-state index contributed by atoms with van der Waals surface area (Å²) in [5.41, 5.74) is 4.15. The second-order valence-electron chi connectivity index (χ2n) is 5.04. The van der Waals surface area contributed by atoms with E-state index in [9.17, 15) is 0 Å². The summed E-state index contributed by atoms with van der Waals surface area (Å²) in [6, 6.07) is 13.3. The van der Waals surface area contributed by atoms with Gasteiger partial charge in [-0.05, 0) is 55.0 Å². The van der Waals surface area contributed by atoms with Gasteiger partial charge in [0.15, 0.2) is 0 Å². The third-order valence-corrected chi connectivity index (χ3v) is 5.04. The predicted molar refractivity (Wildman–Crippen MR) is 88.8 cm³/mol. The van der Waals surface area contributed by atoms with Crippen LogP contribution in [0.15, 0.2) is 47.5 Å². The highest BCUT2D eigenvalue weighted by atomic mass is 35.5. The number of pyridine rings is 1. The Morgan fingerprint density at radius 2 is 2.00 bits per heavy atom. The topological polar surface area (TPSA) is 12.9 Å². The van der Waals surface area contributed by atoms with Gasteiger partial charge in [0, 0.05) is 11.1 Å². The highest BCUT2D eigenvalue weighted by molar-refractivity contribution is 7.99. The zero-order valence-corrected chi connectivity index (χ0v) is 13.3. The fourth-order valence-electron chi connectivity index (χ4n) is 2.65. The zero-order valence-electron chi connectivity index (χ0n) is 11.7. The van der Waals surface area contributed by atoms with Crippen molar-refractivity contribution in [2.24, 2.45) is 0 Å². The number of rotatable bonds is 3. The molecule has 1 unspecified atom stereocenters. The molecule has 0 fully saturated rings. The van der Waals surface area contributed by atoms with E-state index in [0.717, 1.165) is 6.42 Å². The minimum Gasteiger partial charge on any atom is -0.260 e. The minimum absolute atomic E-state index is 0. The molecule has 0 amide bonds. The Morgan fingerprint density at radius 1 is 1.20 bits per heavy atom. The van der Waals surface area contributed by atoms with Gasteiger partial charge in [0.25, 0.3) is 0 Å². The Balaban J connectivity index is 0.00000147. The van der Waals surface area contributed by atoms with E-state index in [1.54, 1.807) is 0 Å². The first-order valence-corrected chi connectivity index (χ1v) is 7.94. The van der Waals surface area contributed by atoms with Crippen LogP contribution in [0, 0.1) is 0 Å². The van der Waals surface area contributed by atoms with Gasteiger partial charge in [-0.2, -0.15) is 0 Å². The number of halogens is 1. The molecule has 0 radical (unpaired) electrons. The SMILES string of the molecule is CCc1ccc(SC2CCCc3cccnc32)cc1.Cl. The van der Waals surface area contributed by atoms with Gasteiger partial charge >= 0.3 is 0 Å². The molecule has 0 spiro atoms. The maximum atomic E-state index is 4.61. The highest BCUT2D eigenvalue weighted by Gasteiger charge is 2.21. The van der Waals surface area contributed by atoms with Crippen molar-refractivity contribution >= 4 is 24.2 Å². The molecule has 1 aromatic carbocycles. The van der Waals surface area contributed by atoms with Gasteiger partial charge in [-0.25, -0.2) is 0 Å². The molecule has 0 bridgehead atoms. The molecule has 0 saturated heterocycles. The van der Waals surface area contributed by atoms with E-state index in [1.165, 1.54) is 41.0 Å². The average molecular weight is 306 g/mol. The number of fused-ring (bicyclic) bond motifs is 1. The number of nitrogens with zero attached hydrogens (tertiary/aromatic N) is 1.